The summed E-state index contributed by atoms with van der Waals surface area (Å²) in [5.41, 5.74) is 5.58. The minimum absolute atomic E-state index is 0.199. The molecule has 0 radical (unpaired) electrons. The molecule has 0 aliphatic heterocycles. The smallest absolute Gasteiger partial charge is 0.218 e. The fraction of sp³-hybridized carbons (Fsp3) is 0.900. The summed E-state index contributed by atoms with van der Waals surface area (Å²) in [6, 6.07) is 0.687. The maximum atomic E-state index is 10.6. The van der Waals surface area contributed by atoms with Crippen LogP contribution in [0.25, 0.3) is 0 Å². The monoisotopic (exact) mass is 184 g/mol. The van der Waals surface area contributed by atoms with Gasteiger partial charge in [-0.2, -0.15) is 0 Å². The first-order valence-corrected chi connectivity index (χ1v) is 4.98. The number of carbonyl (C=O) groups excluding carboxylic acids is 1. The van der Waals surface area contributed by atoms with Crippen LogP contribution < -0.4 is 11.1 Å². The van der Waals surface area contributed by atoms with E-state index in [0.717, 1.165) is 0 Å². The zero-order valence-electron chi connectivity index (χ0n) is 8.76. The molecule has 1 aliphatic rings. The molecule has 0 aromatic carbocycles. The molecule has 1 fully saturated rings. The normalized spacial score (nSPS) is 23.6. The highest BCUT2D eigenvalue weighted by atomic mass is 16.1. The van der Waals surface area contributed by atoms with Gasteiger partial charge < -0.3 is 11.1 Å². The summed E-state index contributed by atoms with van der Waals surface area (Å²) in [6.07, 6.45) is 3.02. The zero-order chi connectivity index (χ0) is 10.1. The number of carbonyl (C=O) groups is 1. The van der Waals surface area contributed by atoms with Crippen LogP contribution in [0, 0.1) is 5.41 Å². The molecule has 13 heavy (non-hydrogen) atoms. The second-order valence-corrected chi connectivity index (χ2v) is 4.61. The van der Waals surface area contributed by atoms with E-state index in [2.05, 4.69) is 19.2 Å². The van der Waals surface area contributed by atoms with Crippen LogP contribution in [0.1, 0.15) is 40.0 Å². The lowest BCUT2D eigenvalue weighted by atomic mass is 9.99. The minimum Gasteiger partial charge on any atom is -0.370 e. The van der Waals surface area contributed by atoms with Gasteiger partial charge in [-0.25, -0.2) is 0 Å². The topological polar surface area (TPSA) is 55.1 Å². The zero-order valence-corrected chi connectivity index (χ0v) is 8.76. The molecule has 0 saturated heterocycles. The van der Waals surface area contributed by atoms with Gasteiger partial charge in [0.25, 0.3) is 0 Å². The Morgan fingerprint density at radius 1 is 1.54 bits per heavy atom. The van der Waals surface area contributed by atoms with Crippen molar-refractivity contribution in [2.75, 3.05) is 0 Å². The van der Waals surface area contributed by atoms with Crippen LogP contribution in [0.3, 0.4) is 0 Å². The van der Waals surface area contributed by atoms with Crippen LogP contribution in [0.15, 0.2) is 0 Å². The maximum Gasteiger partial charge on any atom is 0.218 e. The van der Waals surface area contributed by atoms with Crippen molar-refractivity contribution in [3.05, 3.63) is 0 Å². The number of amides is 1. The van der Waals surface area contributed by atoms with Crippen LogP contribution in [0.4, 0.5) is 0 Å². The van der Waals surface area contributed by atoms with E-state index in [1.165, 1.54) is 12.8 Å². The van der Waals surface area contributed by atoms with Crippen LogP contribution in [0.5, 0.6) is 0 Å². The Balaban J connectivity index is 2.27. The molecule has 0 heterocycles. The number of primary amides is 1. The molecule has 0 spiro atoms. The van der Waals surface area contributed by atoms with Crippen molar-refractivity contribution in [1.29, 1.82) is 0 Å². The molecule has 1 saturated carbocycles. The Kier molecular flexibility index (Phi) is 2.96. The Morgan fingerprint density at radius 2 is 2.08 bits per heavy atom. The van der Waals surface area contributed by atoms with Gasteiger partial charge in [-0.15, -0.1) is 0 Å². The summed E-state index contributed by atoms with van der Waals surface area (Å²) in [5.74, 6) is -0.229. The third-order valence-corrected chi connectivity index (χ3v) is 3.13. The summed E-state index contributed by atoms with van der Waals surface area (Å²) in [6.45, 7) is 6.47. The molecule has 0 aromatic rings. The van der Waals surface area contributed by atoms with Crippen LogP contribution in [-0.2, 0) is 4.79 Å². The number of nitrogens with one attached hydrogen (secondary N) is 1. The quantitative estimate of drug-likeness (QED) is 0.670. The molecule has 1 rings (SSSR count). The first-order valence-electron chi connectivity index (χ1n) is 4.98. The lowest BCUT2D eigenvalue weighted by molar-refractivity contribution is -0.118. The average Bonchev–Trinajstić information content (AvgIpc) is 2.67. The standard InChI is InChI=1S/C10H20N2O/c1-7(6-9(11)13)12-8(2)10(3)4-5-10/h7-8,12H,4-6H2,1-3H3,(H2,11,13). The van der Waals surface area contributed by atoms with E-state index in [1.54, 1.807) is 0 Å². The molecule has 3 N–H and O–H groups in total. The molecule has 2 atom stereocenters. The molecule has 76 valence electrons. The van der Waals surface area contributed by atoms with Crippen molar-refractivity contribution in [2.45, 2.75) is 52.1 Å². The summed E-state index contributed by atoms with van der Waals surface area (Å²) in [7, 11) is 0. The van der Waals surface area contributed by atoms with E-state index in [1.807, 2.05) is 6.92 Å². The van der Waals surface area contributed by atoms with Gasteiger partial charge in [0.2, 0.25) is 5.91 Å². The Morgan fingerprint density at radius 3 is 2.46 bits per heavy atom. The molecule has 3 nitrogen and oxygen atoms in total. The van der Waals surface area contributed by atoms with E-state index in [4.69, 9.17) is 5.73 Å². The van der Waals surface area contributed by atoms with Gasteiger partial charge in [-0.05, 0) is 32.1 Å². The second kappa shape index (κ2) is 3.66. The van der Waals surface area contributed by atoms with Gasteiger partial charge >= 0.3 is 0 Å². The predicted molar refractivity (Wildman–Crippen MR) is 53.2 cm³/mol. The summed E-state index contributed by atoms with van der Waals surface area (Å²) in [4.78, 5) is 10.6. The second-order valence-electron chi connectivity index (χ2n) is 4.61. The number of hydrogen-bond acceptors (Lipinski definition) is 2. The van der Waals surface area contributed by atoms with Crippen molar-refractivity contribution < 1.29 is 4.79 Å². The fourth-order valence-electron chi connectivity index (χ4n) is 1.62. The predicted octanol–water partition coefficient (Wildman–Crippen LogP) is 1.03. The Labute approximate surface area is 80.1 Å². The Bertz CT molecular complexity index is 199. The summed E-state index contributed by atoms with van der Waals surface area (Å²) >= 11 is 0. The lowest BCUT2D eigenvalue weighted by Gasteiger charge is -2.24. The minimum atomic E-state index is -0.229. The fourth-order valence-corrected chi connectivity index (χ4v) is 1.62. The van der Waals surface area contributed by atoms with Crippen LogP contribution in [0.2, 0.25) is 0 Å². The highest BCUT2D eigenvalue weighted by molar-refractivity contribution is 5.74. The van der Waals surface area contributed by atoms with E-state index >= 15 is 0 Å². The first-order chi connectivity index (χ1) is 5.94. The van der Waals surface area contributed by atoms with Crippen molar-refractivity contribution >= 4 is 5.91 Å². The molecule has 0 bridgehead atoms. The van der Waals surface area contributed by atoms with Gasteiger partial charge in [0.05, 0.1) is 0 Å². The number of hydrogen-bond donors (Lipinski definition) is 2. The van der Waals surface area contributed by atoms with Crippen LogP contribution >= 0.6 is 0 Å². The van der Waals surface area contributed by atoms with E-state index < -0.39 is 0 Å². The van der Waals surface area contributed by atoms with Gasteiger partial charge in [-0.1, -0.05) is 6.92 Å². The maximum absolute atomic E-state index is 10.6. The molecule has 1 amide bonds. The van der Waals surface area contributed by atoms with E-state index in [9.17, 15) is 4.79 Å². The van der Waals surface area contributed by atoms with Gasteiger partial charge in [0.1, 0.15) is 0 Å². The lowest BCUT2D eigenvalue weighted by Crippen LogP contribution is -2.41. The van der Waals surface area contributed by atoms with Crippen molar-refractivity contribution in [3.63, 3.8) is 0 Å². The number of rotatable bonds is 5. The molecular formula is C10H20N2O. The molecule has 2 unspecified atom stereocenters. The Hall–Kier alpha value is -0.570. The third kappa shape index (κ3) is 2.99. The number of nitrogens with two attached hydrogens (primary N) is 1. The van der Waals surface area contributed by atoms with E-state index in [-0.39, 0.29) is 11.9 Å². The van der Waals surface area contributed by atoms with Crippen LogP contribution in [-0.4, -0.2) is 18.0 Å². The largest absolute Gasteiger partial charge is 0.370 e. The molecule has 1 aliphatic carbocycles. The van der Waals surface area contributed by atoms with Gasteiger partial charge in [0.15, 0.2) is 0 Å². The van der Waals surface area contributed by atoms with Crippen molar-refractivity contribution in [3.8, 4) is 0 Å². The first kappa shape index (κ1) is 10.5. The van der Waals surface area contributed by atoms with Gasteiger partial charge in [0, 0.05) is 18.5 Å². The summed E-state index contributed by atoms with van der Waals surface area (Å²) < 4.78 is 0. The highest BCUT2D eigenvalue weighted by Gasteiger charge is 2.42. The molecular weight excluding hydrogens is 164 g/mol. The summed E-state index contributed by atoms with van der Waals surface area (Å²) in [5, 5.41) is 3.41. The SMILES string of the molecule is CC(CC(N)=O)NC(C)C1(C)CC1. The van der Waals surface area contributed by atoms with Crippen molar-refractivity contribution in [2.24, 2.45) is 11.1 Å². The highest BCUT2D eigenvalue weighted by Crippen LogP contribution is 2.48. The average molecular weight is 184 g/mol. The molecule has 3 heteroatoms. The molecule has 0 aromatic heterocycles. The van der Waals surface area contributed by atoms with Gasteiger partial charge in [-0.3, -0.25) is 4.79 Å². The van der Waals surface area contributed by atoms with E-state index in [0.29, 0.717) is 17.9 Å². The van der Waals surface area contributed by atoms with Crippen molar-refractivity contribution in [1.82, 2.24) is 5.32 Å². The third-order valence-electron chi connectivity index (χ3n) is 3.13.